The monoisotopic (exact) mass is 357 g/mol. The number of carbonyl (C=O) groups is 1. The van der Waals surface area contributed by atoms with Gasteiger partial charge in [-0.1, -0.05) is 35.0 Å². The molecule has 3 aromatic heterocycles. The van der Waals surface area contributed by atoms with Crippen molar-refractivity contribution in [3.63, 3.8) is 0 Å². The number of benzene rings is 1. The molecule has 4 aromatic rings. The predicted molar refractivity (Wildman–Crippen MR) is 94.8 cm³/mol. The molecule has 120 valence electrons. The Bertz CT molecular complexity index is 1000. The Morgan fingerprint density at radius 3 is 2.96 bits per heavy atom. The van der Waals surface area contributed by atoms with E-state index in [9.17, 15) is 4.79 Å². The molecule has 0 radical (unpaired) electrons. The van der Waals surface area contributed by atoms with Crippen LogP contribution in [0.15, 0.2) is 58.6 Å². The van der Waals surface area contributed by atoms with E-state index in [0.717, 1.165) is 15.8 Å². The molecule has 0 aliphatic heterocycles. The van der Waals surface area contributed by atoms with Crippen LogP contribution in [0.25, 0.3) is 10.2 Å². The van der Waals surface area contributed by atoms with Crippen LogP contribution in [0.4, 0.5) is 5.82 Å². The molecular formula is C17H12ClN3O2S. The third kappa shape index (κ3) is 2.70. The maximum atomic E-state index is 12.6. The van der Waals surface area contributed by atoms with E-state index in [-0.39, 0.29) is 5.91 Å². The zero-order valence-electron chi connectivity index (χ0n) is 12.4. The van der Waals surface area contributed by atoms with Crippen LogP contribution in [0.3, 0.4) is 0 Å². The lowest BCUT2D eigenvalue weighted by molar-refractivity contribution is 0.101. The quantitative estimate of drug-likeness (QED) is 0.578. The summed E-state index contributed by atoms with van der Waals surface area (Å²) in [6.45, 7) is 0.515. The molecule has 4 rings (SSSR count). The third-order valence-electron chi connectivity index (χ3n) is 3.72. The van der Waals surface area contributed by atoms with Crippen molar-refractivity contribution in [3.05, 3.63) is 70.4 Å². The Morgan fingerprint density at radius 1 is 1.29 bits per heavy atom. The standard InChI is InChI=1S/C17H12ClN3O2S/c18-12-4-2-1-3-11(12)10-21-13-6-8-24-15(13)9-14(21)17(22)19-16-5-7-23-20-16/h1-9H,10H2,(H,19,20,22). The number of aromatic nitrogens is 2. The van der Waals surface area contributed by atoms with E-state index in [4.69, 9.17) is 16.1 Å². The number of hydrogen-bond acceptors (Lipinski definition) is 4. The van der Waals surface area contributed by atoms with Crippen LogP contribution in [0.5, 0.6) is 0 Å². The molecule has 1 N–H and O–H groups in total. The molecular weight excluding hydrogens is 346 g/mol. The van der Waals surface area contributed by atoms with Gasteiger partial charge >= 0.3 is 0 Å². The topological polar surface area (TPSA) is 60.1 Å². The van der Waals surface area contributed by atoms with E-state index in [1.54, 1.807) is 17.4 Å². The Hall–Kier alpha value is -2.57. The lowest BCUT2D eigenvalue weighted by Gasteiger charge is -2.11. The van der Waals surface area contributed by atoms with E-state index >= 15 is 0 Å². The lowest BCUT2D eigenvalue weighted by atomic mass is 10.2. The van der Waals surface area contributed by atoms with E-state index in [0.29, 0.717) is 23.1 Å². The summed E-state index contributed by atoms with van der Waals surface area (Å²) in [5, 5.41) is 9.14. The summed E-state index contributed by atoms with van der Waals surface area (Å²) in [4.78, 5) is 12.6. The molecule has 0 saturated heterocycles. The maximum absolute atomic E-state index is 12.6. The van der Waals surface area contributed by atoms with Gasteiger partial charge in [0.2, 0.25) is 0 Å². The van der Waals surface area contributed by atoms with Gasteiger partial charge in [-0.3, -0.25) is 4.79 Å². The Labute approximate surface area is 146 Å². The summed E-state index contributed by atoms with van der Waals surface area (Å²) in [5.41, 5.74) is 2.52. The van der Waals surface area contributed by atoms with Crippen LogP contribution in [0, 0.1) is 0 Å². The number of carbonyl (C=O) groups excluding carboxylic acids is 1. The average molecular weight is 358 g/mol. The predicted octanol–water partition coefficient (Wildman–Crippen LogP) is 4.64. The Morgan fingerprint density at radius 2 is 2.17 bits per heavy atom. The SMILES string of the molecule is O=C(Nc1ccon1)c1cc2sccc2n1Cc1ccccc1Cl. The van der Waals surface area contributed by atoms with Crippen LogP contribution >= 0.6 is 22.9 Å². The summed E-state index contributed by atoms with van der Waals surface area (Å²) >= 11 is 7.87. The molecule has 0 aliphatic carbocycles. The fourth-order valence-corrected chi connectivity index (χ4v) is 3.61. The minimum atomic E-state index is -0.237. The fraction of sp³-hybridized carbons (Fsp3) is 0.0588. The smallest absolute Gasteiger partial charge is 0.273 e. The molecule has 5 nitrogen and oxygen atoms in total. The Kier molecular flexibility index (Phi) is 3.84. The van der Waals surface area contributed by atoms with Crippen molar-refractivity contribution in [2.75, 3.05) is 5.32 Å². The van der Waals surface area contributed by atoms with Gasteiger partial charge in [0.1, 0.15) is 12.0 Å². The first-order chi connectivity index (χ1) is 11.7. The molecule has 0 bridgehead atoms. The molecule has 0 aliphatic rings. The summed E-state index contributed by atoms with van der Waals surface area (Å²) < 4.78 is 7.76. The van der Waals surface area contributed by atoms with Gasteiger partial charge in [0.15, 0.2) is 5.82 Å². The van der Waals surface area contributed by atoms with E-state index in [1.165, 1.54) is 6.26 Å². The number of hydrogen-bond donors (Lipinski definition) is 1. The van der Waals surface area contributed by atoms with Crippen molar-refractivity contribution < 1.29 is 9.32 Å². The van der Waals surface area contributed by atoms with Gasteiger partial charge in [-0.2, -0.15) is 0 Å². The molecule has 0 unspecified atom stereocenters. The van der Waals surface area contributed by atoms with Crippen LogP contribution in [-0.2, 0) is 6.54 Å². The van der Waals surface area contributed by atoms with Gasteiger partial charge < -0.3 is 14.4 Å². The second kappa shape index (κ2) is 6.14. The molecule has 1 amide bonds. The highest BCUT2D eigenvalue weighted by Crippen LogP contribution is 2.28. The second-order valence-electron chi connectivity index (χ2n) is 5.22. The minimum absolute atomic E-state index is 0.237. The van der Waals surface area contributed by atoms with Gasteiger partial charge in [-0.15, -0.1) is 11.3 Å². The van der Waals surface area contributed by atoms with Crippen LogP contribution in [0.1, 0.15) is 16.1 Å². The zero-order valence-corrected chi connectivity index (χ0v) is 14.0. The maximum Gasteiger partial charge on any atom is 0.273 e. The number of anilines is 1. The molecule has 0 saturated carbocycles. The normalized spacial score (nSPS) is 11.0. The average Bonchev–Trinajstić information content (AvgIpc) is 3.28. The van der Waals surface area contributed by atoms with Crippen molar-refractivity contribution in [1.82, 2.24) is 9.72 Å². The molecule has 0 atom stereocenters. The summed E-state index contributed by atoms with van der Waals surface area (Å²) in [7, 11) is 0. The molecule has 7 heteroatoms. The van der Waals surface area contributed by atoms with Gasteiger partial charge in [-0.25, -0.2) is 0 Å². The second-order valence-corrected chi connectivity index (χ2v) is 6.57. The van der Waals surface area contributed by atoms with Crippen LogP contribution < -0.4 is 5.32 Å². The number of amides is 1. The number of halogens is 1. The van der Waals surface area contributed by atoms with Crippen molar-refractivity contribution in [2.45, 2.75) is 6.54 Å². The molecule has 0 fully saturated rings. The van der Waals surface area contributed by atoms with Crippen LogP contribution in [0.2, 0.25) is 5.02 Å². The fourth-order valence-electron chi connectivity index (χ4n) is 2.59. The molecule has 24 heavy (non-hydrogen) atoms. The Balaban J connectivity index is 1.74. The van der Waals surface area contributed by atoms with E-state index in [2.05, 4.69) is 10.5 Å². The number of nitrogens with zero attached hydrogens (tertiary/aromatic N) is 2. The highest BCUT2D eigenvalue weighted by Gasteiger charge is 2.18. The zero-order chi connectivity index (χ0) is 16.5. The molecule has 0 spiro atoms. The van der Waals surface area contributed by atoms with Crippen molar-refractivity contribution in [2.24, 2.45) is 0 Å². The summed E-state index contributed by atoms with van der Waals surface area (Å²) in [6, 6.07) is 13.1. The lowest BCUT2D eigenvalue weighted by Crippen LogP contribution is -2.17. The summed E-state index contributed by atoms with van der Waals surface area (Å²) in [6.07, 6.45) is 1.41. The number of rotatable bonds is 4. The first-order valence-electron chi connectivity index (χ1n) is 7.24. The minimum Gasteiger partial charge on any atom is -0.363 e. The largest absolute Gasteiger partial charge is 0.363 e. The van der Waals surface area contributed by atoms with Gasteiger partial charge in [0, 0.05) is 17.6 Å². The first kappa shape index (κ1) is 15.0. The number of thiophene rings is 1. The number of fused-ring (bicyclic) bond motifs is 1. The van der Waals surface area contributed by atoms with Crippen LogP contribution in [-0.4, -0.2) is 15.6 Å². The van der Waals surface area contributed by atoms with Crippen molar-refractivity contribution in [3.8, 4) is 0 Å². The van der Waals surface area contributed by atoms with Gasteiger partial charge in [0.25, 0.3) is 5.91 Å². The van der Waals surface area contributed by atoms with Gasteiger partial charge in [0.05, 0.1) is 10.2 Å². The highest BCUT2D eigenvalue weighted by atomic mass is 35.5. The van der Waals surface area contributed by atoms with Crippen molar-refractivity contribution >= 4 is 44.9 Å². The van der Waals surface area contributed by atoms with Crippen molar-refractivity contribution in [1.29, 1.82) is 0 Å². The third-order valence-corrected chi connectivity index (χ3v) is 4.94. The van der Waals surface area contributed by atoms with E-state index < -0.39 is 0 Å². The highest BCUT2D eigenvalue weighted by molar-refractivity contribution is 7.17. The summed E-state index contributed by atoms with van der Waals surface area (Å²) in [5.74, 6) is 0.146. The molecule has 1 aromatic carbocycles. The van der Waals surface area contributed by atoms with Gasteiger partial charge in [-0.05, 0) is 29.1 Å². The van der Waals surface area contributed by atoms with E-state index in [1.807, 2.05) is 46.3 Å². The number of nitrogens with one attached hydrogen (secondary N) is 1. The molecule has 3 heterocycles. The first-order valence-corrected chi connectivity index (χ1v) is 8.50.